The summed E-state index contributed by atoms with van der Waals surface area (Å²) in [6.07, 6.45) is 8.87. The molecule has 0 bridgehead atoms. The number of carboxylic acids is 1. The maximum atomic E-state index is 10.9. The summed E-state index contributed by atoms with van der Waals surface area (Å²) >= 11 is 1.85. The number of thioether (sulfide) groups is 1. The van der Waals surface area contributed by atoms with Crippen molar-refractivity contribution in [3.05, 3.63) is 42.4 Å². The van der Waals surface area contributed by atoms with Crippen LogP contribution in [0.15, 0.2) is 41.7 Å². The molecule has 22 heavy (non-hydrogen) atoms. The number of pyridine rings is 2. The Morgan fingerprint density at radius 3 is 2.73 bits per heavy atom. The van der Waals surface area contributed by atoms with Gasteiger partial charge in [0.15, 0.2) is 0 Å². The molecule has 0 aliphatic heterocycles. The monoisotopic (exact) mass is 314 g/mol. The third kappa shape index (κ3) is 3.14. The average Bonchev–Trinajstić information content (AvgIpc) is 3.34. The van der Waals surface area contributed by atoms with Crippen LogP contribution in [0.4, 0.5) is 0 Å². The van der Waals surface area contributed by atoms with E-state index in [0.717, 1.165) is 21.9 Å². The molecule has 5 heteroatoms. The molecule has 2 heterocycles. The van der Waals surface area contributed by atoms with Crippen LogP contribution in [0.3, 0.4) is 0 Å². The molecule has 1 aliphatic rings. The van der Waals surface area contributed by atoms with E-state index in [1.54, 1.807) is 24.5 Å². The molecular formula is C17H18N2O2S. The van der Waals surface area contributed by atoms with E-state index in [2.05, 4.69) is 16.9 Å². The Labute approximate surface area is 134 Å². The summed E-state index contributed by atoms with van der Waals surface area (Å²) in [4.78, 5) is 20.5. The van der Waals surface area contributed by atoms with Gasteiger partial charge in [-0.2, -0.15) is 0 Å². The second kappa shape index (κ2) is 6.08. The highest BCUT2D eigenvalue weighted by molar-refractivity contribution is 7.99. The van der Waals surface area contributed by atoms with Crippen LogP contribution in [0, 0.1) is 5.41 Å². The molecule has 2 aromatic rings. The number of carbonyl (C=O) groups is 1. The number of aromatic nitrogens is 2. The van der Waals surface area contributed by atoms with Crippen LogP contribution in [-0.4, -0.2) is 26.8 Å². The van der Waals surface area contributed by atoms with Crippen LogP contribution in [0.25, 0.3) is 11.3 Å². The summed E-state index contributed by atoms with van der Waals surface area (Å²) in [6, 6.07) is 5.34. The standard InChI is InChI=1S/C17H18N2O2S/c1-2-17(6-7-17)11-22-15-5-8-18-10-13(15)14-4-3-12(9-19-14)16(20)21/h3-5,8-10H,2,6-7,11H2,1H3,(H,20,21). The van der Waals surface area contributed by atoms with E-state index in [9.17, 15) is 4.79 Å². The van der Waals surface area contributed by atoms with E-state index in [1.807, 2.05) is 17.8 Å². The topological polar surface area (TPSA) is 63.1 Å². The molecule has 0 radical (unpaired) electrons. The molecule has 1 saturated carbocycles. The normalized spacial score (nSPS) is 15.5. The highest BCUT2D eigenvalue weighted by Crippen LogP contribution is 2.52. The van der Waals surface area contributed by atoms with Gasteiger partial charge in [-0.25, -0.2) is 4.79 Å². The van der Waals surface area contributed by atoms with Gasteiger partial charge in [0.1, 0.15) is 0 Å². The number of carboxylic acid groups (broad SMARTS) is 1. The Bertz CT molecular complexity index is 681. The molecule has 3 rings (SSSR count). The first kappa shape index (κ1) is 15.0. The van der Waals surface area contributed by atoms with Crippen molar-refractivity contribution in [1.29, 1.82) is 0 Å². The van der Waals surface area contributed by atoms with Crippen molar-refractivity contribution in [2.75, 3.05) is 5.75 Å². The summed E-state index contributed by atoms with van der Waals surface area (Å²) in [5, 5.41) is 8.95. The summed E-state index contributed by atoms with van der Waals surface area (Å²) in [6.45, 7) is 2.26. The first-order valence-corrected chi connectivity index (χ1v) is 8.39. The van der Waals surface area contributed by atoms with E-state index < -0.39 is 5.97 Å². The zero-order chi connectivity index (χ0) is 15.6. The van der Waals surface area contributed by atoms with Gasteiger partial charge < -0.3 is 5.11 Å². The molecular weight excluding hydrogens is 296 g/mol. The predicted molar refractivity (Wildman–Crippen MR) is 87.1 cm³/mol. The van der Waals surface area contributed by atoms with Gasteiger partial charge in [0.25, 0.3) is 0 Å². The van der Waals surface area contributed by atoms with Crippen LogP contribution in [0.1, 0.15) is 36.5 Å². The van der Waals surface area contributed by atoms with E-state index in [0.29, 0.717) is 5.41 Å². The number of hydrogen-bond donors (Lipinski definition) is 1. The molecule has 0 aromatic carbocycles. The fourth-order valence-corrected chi connectivity index (χ4v) is 3.81. The summed E-state index contributed by atoms with van der Waals surface area (Å²) in [5.41, 5.74) is 2.45. The fraction of sp³-hybridized carbons (Fsp3) is 0.353. The summed E-state index contributed by atoms with van der Waals surface area (Å²) in [7, 11) is 0. The van der Waals surface area contributed by atoms with Crippen LogP contribution in [0.2, 0.25) is 0 Å². The number of hydrogen-bond acceptors (Lipinski definition) is 4. The first-order valence-electron chi connectivity index (χ1n) is 7.40. The third-order valence-corrected chi connectivity index (χ3v) is 5.73. The Kier molecular flexibility index (Phi) is 4.16. The van der Waals surface area contributed by atoms with E-state index in [4.69, 9.17) is 5.11 Å². The molecule has 1 aliphatic carbocycles. The van der Waals surface area contributed by atoms with Crippen molar-refractivity contribution < 1.29 is 9.90 Å². The van der Waals surface area contributed by atoms with Crippen molar-refractivity contribution in [1.82, 2.24) is 9.97 Å². The number of nitrogens with zero attached hydrogens (tertiary/aromatic N) is 2. The lowest BCUT2D eigenvalue weighted by Gasteiger charge is -2.13. The second-order valence-corrected chi connectivity index (χ2v) is 6.77. The minimum absolute atomic E-state index is 0.199. The SMILES string of the molecule is CCC1(CSc2ccncc2-c2ccc(C(=O)O)cn2)CC1. The predicted octanol–water partition coefficient (Wildman–Crippen LogP) is 4.12. The van der Waals surface area contributed by atoms with Gasteiger partial charge in [-0.3, -0.25) is 9.97 Å². The fourth-order valence-electron chi connectivity index (χ4n) is 2.39. The highest BCUT2D eigenvalue weighted by atomic mass is 32.2. The molecule has 114 valence electrons. The van der Waals surface area contributed by atoms with Crippen molar-refractivity contribution in [3.8, 4) is 11.3 Å². The van der Waals surface area contributed by atoms with Crippen LogP contribution in [0.5, 0.6) is 0 Å². The minimum atomic E-state index is -0.960. The molecule has 0 saturated heterocycles. The summed E-state index contributed by atoms with van der Waals surface area (Å²) < 4.78 is 0. The summed E-state index contributed by atoms with van der Waals surface area (Å²) in [5.74, 6) is 0.159. The Morgan fingerprint density at radius 2 is 2.14 bits per heavy atom. The number of rotatable bonds is 6. The Morgan fingerprint density at radius 1 is 1.32 bits per heavy atom. The zero-order valence-corrected chi connectivity index (χ0v) is 13.3. The lowest BCUT2D eigenvalue weighted by Crippen LogP contribution is -2.02. The maximum absolute atomic E-state index is 10.9. The van der Waals surface area contributed by atoms with Crippen LogP contribution in [-0.2, 0) is 0 Å². The molecule has 0 atom stereocenters. The molecule has 0 unspecified atom stereocenters. The smallest absolute Gasteiger partial charge is 0.337 e. The number of aromatic carboxylic acids is 1. The molecule has 1 fully saturated rings. The van der Waals surface area contributed by atoms with Gasteiger partial charge in [0.2, 0.25) is 0 Å². The quantitative estimate of drug-likeness (QED) is 0.812. The van der Waals surface area contributed by atoms with Crippen molar-refractivity contribution in [2.45, 2.75) is 31.1 Å². The second-order valence-electron chi connectivity index (χ2n) is 5.75. The van der Waals surface area contributed by atoms with Crippen LogP contribution >= 0.6 is 11.8 Å². The van der Waals surface area contributed by atoms with Gasteiger partial charge in [-0.1, -0.05) is 6.92 Å². The maximum Gasteiger partial charge on any atom is 0.337 e. The largest absolute Gasteiger partial charge is 0.478 e. The van der Waals surface area contributed by atoms with Gasteiger partial charge in [-0.05, 0) is 42.9 Å². The Hall–Kier alpha value is -1.88. The molecule has 0 spiro atoms. The van der Waals surface area contributed by atoms with Crippen molar-refractivity contribution >= 4 is 17.7 Å². The molecule has 2 aromatic heterocycles. The van der Waals surface area contributed by atoms with Gasteiger partial charge in [0, 0.05) is 34.8 Å². The van der Waals surface area contributed by atoms with E-state index in [1.165, 1.54) is 25.5 Å². The molecule has 0 amide bonds. The lowest BCUT2D eigenvalue weighted by atomic mass is 10.1. The minimum Gasteiger partial charge on any atom is -0.478 e. The van der Waals surface area contributed by atoms with Gasteiger partial charge in [0.05, 0.1) is 11.3 Å². The molecule has 1 N–H and O–H groups in total. The van der Waals surface area contributed by atoms with Crippen molar-refractivity contribution in [2.24, 2.45) is 5.41 Å². The van der Waals surface area contributed by atoms with Crippen molar-refractivity contribution in [3.63, 3.8) is 0 Å². The first-order chi connectivity index (χ1) is 10.6. The van der Waals surface area contributed by atoms with E-state index >= 15 is 0 Å². The van der Waals surface area contributed by atoms with Crippen LogP contribution < -0.4 is 0 Å². The van der Waals surface area contributed by atoms with Gasteiger partial charge >= 0.3 is 5.97 Å². The highest BCUT2D eigenvalue weighted by Gasteiger charge is 2.40. The van der Waals surface area contributed by atoms with Gasteiger partial charge in [-0.15, -0.1) is 11.8 Å². The molecule has 4 nitrogen and oxygen atoms in total. The zero-order valence-electron chi connectivity index (χ0n) is 12.5. The lowest BCUT2D eigenvalue weighted by molar-refractivity contribution is 0.0696. The average molecular weight is 314 g/mol. The third-order valence-electron chi connectivity index (χ3n) is 4.31. The Balaban J connectivity index is 1.82. The van der Waals surface area contributed by atoms with E-state index in [-0.39, 0.29) is 5.56 Å².